The Labute approximate surface area is 163 Å². The molecule has 1 fully saturated rings. The first-order chi connectivity index (χ1) is 13.5. The molecule has 1 aliphatic carbocycles. The van der Waals surface area contributed by atoms with E-state index in [1.165, 1.54) is 4.90 Å². The Bertz CT molecular complexity index is 850. The van der Waals surface area contributed by atoms with Crippen molar-refractivity contribution in [2.75, 3.05) is 18.4 Å². The smallest absolute Gasteiger partial charge is 0.323 e. The number of carboxylic acids is 1. The molecular formula is C21H23N3O4. The molecule has 3 amide bonds. The summed E-state index contributed by atoms with van der Waals surface area (Å²) < 4.78 is 0. The highest BCUT2D eigenvalue weighted by molar-refractivity contribution is 5.98. The largest absolute Gasteiger partial charge is 0.480 e. The Balaban J connectivity index is 1.67. The molecule has 7 nitrogen and oxygen atoms in total. The van der Waals surface area contributed by atoms with Crippen LogP contribution in [-0.2, 0) is 11.2 Å². The highest BCUT2D eigenvalue weighted by Gasteiger charge is 2.23. The molecule has 3 rings (SSSR count). The van der Waals surface area contributed by atoms with Crippen LogP contribution in [0.4, 0.5) is 10.5 Å². The van der Waals surface area contributed by atoms with E-state index < -0.39 is 5.97 Å². The van der Waals surface area contributed by atoms with Crippen LogP contribution >= 0.6 is 0 Å². The highest BCUT2D eigenvalue weighted by Crippen LogP contribution is 2.19. The van der Waals surface area contributed by atoms with E-state index in [-0.39, 0.29) is 31.1 Å². The lowest BCUT2D eigenvalue weighted by Crippen LogP contribution is -2.37. The summed E-state index contributed by atoms with van der Waals surface area (Å²) in [5.74, 6) is -1.45. The molecule has 0 spiro atoms. The molecule has 146 valence electrons. The molecule has 0 aromatic heterocycles. The molecule has 1 aliphatic rings. The molecule has 0 unspecified atom stereocenters. The van der Waals surface area contributed by atoms with Gasteiger partial charge in [-0.2, -0.15) is 0 Å². The van der Waals surface area contributed by atoms with Crippen molar-refractivity contribution in [1.82, 2.24) is 10.2 Å². The van der Waals surface area contributed by atoms with Crippen LogP contribution in [0.5, 0.6) is 0 Å². The van der Waals surface area contributed by atoms with E-state index in [4.69, 9.17) is 0 Å². The van der Waals surface area contributed by atoms with Crippen LogP contribution in [-0.4, -0.2) is 47.0 Å². The van der Waals surface area contributed by atoms with Gasteiger partial charge in [-0.15, -0.1) is 0 Å². The van der Waals surface area contributed by atoms with Crippen molar-refractivity contribution in [2.45, 2.75) is 25.3 Å². The lowest BCUT2D eigenvalue weighted by Gasteiger charge is -2.21. The van der Waals surface area contributed by atoms with Gasteiger partial charge in [-0.1, -0.05) is 36.4 Å². The van der Waals surface area contributed by atoms with Gasteiger partial charge >= 0.3 is 12.0 Å². The standard InChI is InChI=1S/C21H23N3O4/c25-19(26)14-24(12-11-15-5-2-1-3-6-15)20(27)16-7-4-8-18(13-16)23-21(28)22-17-9-10-17/h1-8,13,17H,9-12,14H2,(H,25,26)(H2,22,23,28). The summed E-state index contributed by atoms with van der Waals surface area (Å²) in [6.45, 7) is -0.0968. The molecule has 2 aromatic rings. The topological polar surface area (TPSA) is 98.7 Å². The van der Waals surface area contributed by atoms with Crippen molar-refractivity contribution in [3.8, 4) is 0 Å². The van der Waals surface area contributed by atoms with Gasteiger partial charge in [0.2, 0.25) is 0 Å². The molecule has 0 atom stereocenters. The molecule has 7 heteroatoms. The van der Waals surface area contributed by atoms with E-state index in [0.717, 1.165) is 18.4 Å². The van der Waals surface area contributed by atoms with Gasteiger partial charge in [0, 0.05) is 23.8 Å². The van der Waals surface area contributed by atoms with Crippen molar-refractivity contribution in [3.05, 3.63) is 65.7 Å². The summed E-state index contributed by atoms with van der Waals surface area (Å²) in [7, 11) is 0. The third kappa shape index (κ3) is 5.84. The number of anilines is 1. The minimum Gasteiger partial charge on any atom is -0.480 e. The molecule has 0 bridgehead atoms. The second kappa shape index (κ2) is 9.03. The number of carboxylic acid groups (broad SMARTS) is 1. The first kappa shape index (κ1) is 19.4. The fraction of sp³-hybridized carbons (Fsp3) is 0.286. The van der Waals surface area contributed by atoms with Gasteiger partial charge in [-0.25, -0.2) is 4.79 Å². The van der Waals surface area contributed by atoms with Crippen molar-refractivity contribution < 1.29 is 19.5 Å². The Hall–Kier alpha value is -3.35. The highest BCUT2D eigenvalue weighted by atomic mass is 16.4. The van der Waals surface area contributed by atoms with Gasteiger partial charge < -0.3 is 20.6 Å². The first-order valence-electron chi connectivity index (χ1n) is 9.24. The minimum atomic E-state index is -1.07. The molecule has 1 saturated carbocycles. The predicted molar refractivity (Wildman–Crippen MR) is 105 cm³/mol. The van der Waals surface area contributed by atoms with E-state index in [1.807, 2.05) is 30.3 Å². The number of carbonyl (C=O) groups excluding carboxylic acids is 2. The van der Waals surface area contributed by atoms with E-state index >= 15 is 0 Å². The zero-order valence-corrected chi connectivity index (χ0v) is 15.4. The second-order valence-corrected chi connectivity index (χ2v) is 6.81. The Morgan fingerprint density at radius 2 is 1.79 bits per heavy atom. The summed E-state index contributed by atoms with van der Waals surface area (Å²) in [6.07, 6.45) is 2.52. The second-order valence-electron chi connectivity index (χ2n) is 6.81. The molecule has 0 saturated heterocycles. The number of nitrogens with one attached hydrogen (secondary N) is 2. The lowest BCUT2D eigenvalue weighted by atomic mass is 10.1. The van der Waals surface area contributed by atoms with Crippen LogP contribution in [0.25, 0.3) is 0 Å². The number of hydrogen-bond donors (Lipinski definition) is 3. The number of hydrogen-bond acceptors (Lipinski definition) is 3. The Morgan fingerprint density at radius 1 is 1.04 bits per heavy atom. The maximum atomic E-state index is 12.9. The maximum absolute atomic E-state index is 12.9. The Morgan fingerprint density at radius 3 is 2.46 bits per heavy atom. The van der Waals surface area contributed by atoms with E-state index in [9.17, 15) is 19.5 Å². The van der Waals surface area contributed by atoms with Gasteiger partial charge in [-0.3, -0.25) is 9.59 Å². The number of nitrogens with zero attached hydrogens (tertiary/aromatic N) is 1. The molecule has 0 aliphatic heterocycles. The fourth-order valence-corrected chi connectivity index (χ4v) is 2.82. The number of rotatable bonds is 8. The zero-order valence-electron chi connectivity index (χ0n) is 15.4. The normalized spacial score (nSPS) is 12.9. The summed E-state index contributed by atoms with van der Waals surface area (Å²) in [4.78, 5) is 37.3. The third-order valence-electron chi connectivity index (χ3n) is 4.41. The zero-order chi connectivity index (χ0) is 19.9. The van der Waals surface area contributed by atoms with Gasteiger partial charge in [-0.05, 0) is 43.0 Å². The van der Waals surface area contributed by atoms with Crippen LogP contribution in [0, 0.1) is 0 Å². The van der Waals surface area contributed by atoms with Crippen LogP contribution in [0.15, 0.2) is 54.6 Å². The van der Waals surface area contributed by atoms with Crippen molar-refractivity contribution in [1.29, 1.82) is 0 Å². The summed E-state index contributed by atoms with van der Waals surface area (Å²) in [5, 5.41) is 14.7. The van der Waals surface area contributed by atoms with Gasteiger partial charge in [0.05, 0.1) is 0 Å². The fourth-order valence-electron chi connectivity index (χ4n) is 2.82. The molecular weight excluding hydrogens is 358 g/mol. The number of amides is 3. The lowest BCUT2D eigenvalue weighted by molar-refractivity contribution is -0.137. The molecule has 0 radical (unpaired) electrons. The predicted octanol–water partition coefficient (Wildman–Crippen LogP) is 2.74. The monoisotopic (exact) mass is 381 g/mol. The van der Waals surface area contributed by atoms with Crippen molar-refractivity contribution in [3.63, 3.8) is 0 Å². The minimum absolute atomic E-state index is 0.230. The SMILES string of the molecule is O=C(O)CN(CCc1ccccc1)C(=O)c1cccc(NC(=O)NC2CC2)c1. The average molecular weight is 381 g/mol. The maximum Gasteiger partial charge on any atom is 0.323 e. The number of carbonyl (C=O) groups is 3. The molecule has 3 N–H and O–H groups in total. The van der Waals surface area contributed by atoms with Gasteiger partial charge in [0.1, 0.15) is 6.54 Å². The van der Waals surface area contributed by atoms with Gasteiger partial charge in [0.25, 0.3) is 5.91 Å². The van der Waals surface area contributed by atoms with E-state index in [2.05, 4.69) is 10.6 Å². The third-order valence-corrected chi connectivity index (χ3v) is 4.41. The Kier molecular flexibility index (Phi) is 6.26. The first-order valence-corrected chi connectivity index (χ1v) is 9.24. The molecule has 2 aromatic carbocycles. The van der Waals surface area contributed by atoms with Crippen molar-refractivity contribution in [2.24, 2.45) is 0 Å². The summed E-state index contributed by atoms with van der Waals surface area (Å²) in [6, 6.07) is 16.0. The summed E-state index contributed by atoms with van der Waals surface area (Å²) >= 11 is 0. The van der Waals surface area contributed by atoms with Gasteiger partial charge in [0.15, 0.2) is 0 Å². The van der Waals surface area contributed by atoms with E-state index in [0.29, 0.717) is 17.7 Å². The van der Waals surface area contributed by atoms with E-state index in [1.54, 1.807) is 24.3 Å². The summed E-state index contributed by atoms with van der Waals surface area (Å²) in [5.41, 5.74) is 1.85. The number of benzene rings is 2. The number of urea groups is 1. The van der Waals surface area contributed by atoms with Crippen LogP contribution in [0.1, 0.15) is 28.8 Å². The van der Waals surface area contributed by atoms with Crippen molar-refractivity contribution >= 4 is 23.6 Å². The molecule has 28 heavy (non-hydrogen) atoms. The van der Waals surface area contributed by atoms with Crippen LogP contribution in [0.3, 0.4) is 0 Å². The van der Waals surface area contributed by atoms with Crippen LogP contribution in [0.2, 0.25) is 0 Å². The number of aliphatic carboxylic acids is 1. The molecule has 0 heterocycles. The van der Waals surface area contributed by atoms with Crippen LogP contribution < -0.4 is 10.6 Å². The quantitative estimate of drug-likeness (QED) is 0.655. The average Bonchev–Trinajstić information content (AvgIpc) is 3.49.